The third-order valence-electron chi connectivity index (χ3n) is 3.02. The number of carbonyl (C=O) groups is 1. The number of hydrogen-bond donors (Lipinski definition) is 0. The number of hydrogen-bond acceptors (Lipinski definition) is 2. The van der Waals surface area contributed by atoms with E-state index < -0.39 is 11.7 Å². The van der Waals surface area contributed by atoms with Crippen molar-refractivity contribution in [1.29, 1.82) is 0 Å². The second kappa shape index (κ2) is 4.51. The Bertz CT molecular complexity index is 442. The maximum atomic E-state index is 12.4. The van der Waals surface area contributed by atoms with Crippen LogP contribution < -0.4 is 4.90 Å². The number of piperazine rings is 1. The largest absolute Gasteiger partial charge is 0.416 e. The van der Waals surface area contributed by atoms with Crippen LogP contribution in [0.15, 0.2) is 24.3 Å². The van der Waals surface area contributed by atoms with Crippen molar-refractivity contribution in [2.45, 2.75) is 6.18 Å². The Hall–Kier alpha value is -1.72. The predicted octanol–water partition coefficient (Wildman–Crippen LogP) is 1.98. The number of alkyl halides is 3. The van der Waals surface area contributed by atoms with Crippen molar-refractivity contribution in [3.63, 3.8) is 0 Å². The highest BCUT2D eigenvalue weighted by Crippen LogP contribution is 2.30. The van der Waals surface area contributed by atoms with Crippen molar-refractivity contribution in [2.75, 3.05) is 31.6 Å². The summed E-state index contributed by atoms with van der Waals surface area (Å²) in [6.07, 6.45) is -4.32. The number of carbonyl (C=O) groups excluding carboxylic acids is 1. The molecule has 0 unspecified atom stereocenters. The van der Waals surface area contributed by atoms with Crippen LogP contribution in [0, 0.1) is 0 Å². The van der Waals surface area contributed by atoms with Crippen molar-refractivity contribution in [3.8, 4) is 0 Å². The molecule has 0 N–H and O–H groups in total. The molecule has 2 rings (SSSR count). The fourth-order valence-corrected chi connectivity index (χ4v) is 1.84. The highest BCUT2D eigenvalue weighted by molar-refractivity contribution is 5.82. The lowest BCUT2D eigenvalue weighted by Crippen LogP contribution is -2.48. The highest BCUT2D eigenvalue weighted by atomic mass is 19.4. The SMILES string of the molecule is CN1CCN(c2ccc(C(F)(F)F)cc2)CC1=O. The molecule has 1 aromatic carbocycles. The van der Waals surface area contributed by atoms with Gasteiger partial charge in [0.1, 0.15) is 0 Å². The average molecular weight is 258 g/mol. The topological polar surface area (TPSA) is 23.6 Å². The first-order chi connectivity index (χ1) is 8.38. The molecule has 1 heterocycles. The molecule has 1 aliphatic rings. The number of halogens is 3. The van der Waals surface area contributed by atoms with Crippen molar-refractivity contribution in [1.82, 2.24) is 4.90 Å². The van der Waals surface area contributed by atoms with E-state index in [0.29, 0.717) is 18.8 Å². The molecular weight excluding hydrogens is 245 g/mol. The van der Waals surface area contributed by atoms with Crippen LogP contribution in [0.5, 0.6) is 0 Å². The Morgan fingerprint density at radius 2 is 1.72 bits per heavy atom. The first-order valence-corrected chi connectivity index (χ1v) is 5.54. The fraction of sp³-hybridized carbons (Fsp3) is 0.417. The molecule has 0 radical (unpaired) electrons. The second-order valence-electron chi connectivity index (χ2n) is 4.28. The molecule has 0 atom stereocenters. The van der Waals surface area contributed by atoms with Gasteiger partial charge in [0, 0.05) is 25.8 Å². The number of rotatable bonds is 1. The third kappa shape index (κ3) is 2.57. The molecule has 0 bridgehead atoms. The first-order valence-electron chi connectivity index (χ1n) is 5.54. The zero-order chi connectivity index (χ0) is 13.3. The van der Waals surface area contributed by atoms with Gasteiger partial charge in [-0.2, -0.15) is 13.2 Å². The summed E-state index contributed by atoms with van der Waals surface area (Å²) in [4.78, 5) is 14.9. The normalized spacial score (nSPS) is 17.2. The maximum absolute atomic E-state index is 12.4. The monoisotopic (exact) mass is 258 g/mol. The van der Waals surface area contributed by atoms with E-state index in [-0.39, 0.29) is 12.5 Å². The minimum absolute atomic E-state index is 0.0267. The molecule has 1 aliphatic heterocycles. The van der Waals surface area contributed by atoms with Gasteiger partial charge in [0.2, 0.25) is 5.91 Å². The molecule has 1 fully saturated rings. The first kappa shape index (κ1) is 12.7. The van der Waals surface area contributed by atoms with E-state index in [1.54, 1.807) is 16.8 Å². The minimum atomic E-state index is -4.32. The van der Waals surface area contributed by atoms with E-state index in [2.05, 4.69) is 0 Å². The molecule has 1 saturated heterocycles. The molecule has 3 nitrogen and oxygen atoms in total. The molecule has 0 aliphatic carbocycles. The molecule has 98 valence electrons. The Morgan fingerprint density at radius 3 is 2.22 bits per heavy atom. The van der Waals surface area contributed by atoms with E-state index in [1.165, 1.54) is 12.1 Å². The summed E-state index contributed by atoms with van der Waals surface area (Å²) < 4.78 is 37.2. The van der Waals surface area contributed by atoms with E-state index in [1.807, 2.05) is 0 Å². The van der Waals surface area contributed by atoms with E-state index in [4.69, 9.17) is 0 Å². The Morgan fingerprint density at radius 1 is 1.11 bits per heavy atom. The lowest BCUT2D eigenvalue weighted by Gasteiger charge is -2.33. The van der Waals surface area contributed by atoms with Gasteiger partial charge in [-0.25, -0.2) is 0 Å². The number of likely N-dealkylation sites (N-methyl/N-ethyl adjacent to an activating group) is 1. The van der Waals surface area contributed by atoms with Crippen LogP contribution in [0.1, 0.15) is 5.56 Å². The number of nitrogens with zero attached hydrogens (tertiary/aromatic N) is 2. The van der Waals surface area contributed by atoms with Crippen LogP contribution in [0.4, 0.5) is 18.9 Å². The van der Waals surface area contributed by atoms with Gasteiger partial charge in [-0.05, 0) is 24.3 Å². The van der Waals surface area contributed by atoms with Gasteiger partial charge in [-0.1, -0.05) is 0 Å². The third-order valence-corrected chi connectivity index (χ3v) is 3.02. The standard InChI is InChI=1S/C12H13F3N2O/c1-16-6-7-17(8-11(16)18)10-4-2-9(3-5-10)12(13,14)15/h2-5H,6-8H2,1H3. The van der Waals surface area contributed by atoms with Crippen LogP contribution in [0.3, 0.4) is 0 Å². The smallest absolute Gasteiger partial charge is 0.360 e. The molecule has 0 spiro atoms. The fourth-order valence-electron chi connectivity index (χ4n) is 1.84. The van der Waals surface area contributed by atoms with Gasteiger partial charge in [-0.15, -0.1) is 0 Å². The van der Waals surface area contributed by atoms with E-state index in [9.17, 15) is 18.0 Å². The highest BCUT2D eigenvalue weighted by Gasteiger charge is 2.30. The summed E-state index contributed by atoms with van der Waals surface area (Å²) in [5.41, 5.74) is -0.0313. The van der Waals surface area contributed by atoms with Crippen molar-refractivity contribution in [3.05, 3.63) is 29.8 Å². The quantitative estimate of drug-likeness (QED) is 0.769. The lowest BCUT2D eigenvalue weighted by atomic mass is 10.1. The number of anilines is 1. The zero-order valence-electron chi connectivity index (χ0n) is 9.87. The summed E-state index contributed by atoms with van der Waals surface area (Å²) in [6, 6.07) is 4.89. The number of amides is 1. The molecule has 0 aromatic heterocycles. The van der Waals surface area contributed by atoms with Crippen LogP contribution in [0.2, 0.25) is 0 Å². The van der Waals surface area contributed by atoms with Crippen LogP contribution in [-0.4, -0.2) is 37.5 Å². The summed E-state index contributed by atoms with van der Waals surface area (Å²) in [6.45, 7) is 1.43. The van der Waals surface area contributed by atoms with E-state index >= 15 is 0 Å². The predicted molar refractivity (Wildman–Crippen MR) is 61.3 cm³/mol. The molecule has 0 saturated carbocycles. The zero-order valence-corrected chi connectivity index (χ0v) is 9.87. The summed E-state index contributed by atoms with van der Waals surface area (Å²) in [5.74, 6) is -0.0267. The van der Waals surface area contributed by atoms with Crippen molar-refractivity contribution in [2.24, 2.45) is 0 Å². The van der Waals surface area contributed by atoms with Crippen molar-refractivity contribution >= 4 is 11.6 Å². The van der Waals surface area contributed by atoms with Gasteiger partial charge in [0.05, 0.1) is 12.1 Å². The average Bonchev–Trinajstić information content (AvgIpc) is 2.32. The van der Waals surface area contributed by atoms with Gasteiger partial charge < -0.3 is 9.80 Å². The summed E-state index contributed by atoms with van der Waals surface area (Å²) in [7, 11) is 1.71. The van der Waals surface area contributed by atoms with Gasteiger partial charge in [0.25, 0.3) is 0 Å². The molecule has 6 heteroatoms. The molecule has 18 heavy (non-hydrogen) atoms. The van der Waals surface area contributed by atoms with Gasteiger partial charge in [0.15, 0.2) is 0 Å². The van der Waals surface area contributed by atoms with Gasteiger partial charge >= 0.3 is 6.18 Å². The minimum Gasteiger partial charge on any atom is -0.360 e. The molecular formula is C12H13F3N2O. The maximum Gasteiger partial charge on any atom is 0.416 e. The summed E-state index contributed by atoms with van der Waals surface area (Å²) in [5, 5.41) is 0. The molecule has 1 aromatic rings. The van der Waals surface area contributed by atoms with Crippen LogP contribution in [0.25, 0.3) is 0 Å². The number of benzene rings is 1. The van der Waals surface area contributed by atoms with Crippen molar-refractivity contribution < 1.29 is 18.0 Å². The second-order valence-corrected chi connectivity index (χ2v) is 4.28. The van der Waals surface area contributed by atoms with E-state index in [0.717, 1.165) is 12.1 Å². The lowest BCUT2D eigenvalue weighted by molar-refractivity contribution is -0.137. The van der Waals surface area contributed by atoms with Crippen LogP contribution in [-0.2, 0) is 11.0 Å². The Balaban J connectivity index is 2.13. The Labute approximate surface area is 103 Å². The summed E-state index contributed by atoms with van der Waals surface area (Å²) >= 11 is 0. The van der Waals surface area contributed by atoms with Crippen LogP contribution >= 0.6 is 0 Å². The van der Waals surface area contributed by atoms with Gasteiger partial charge in [-0.3, -0.25) is 4.79 Å². The molecule has 1 amide bonds. The Kier molecular flexibility index (Phi) is 3.19.